The van der Waals surface area contributed by atoms with Crippen LogP contribution in [0.25, 0.3) is 0 Å². The maximum Gasteiger partial charge on any atom is 0.350 e. The molecule has 4 N–H and O–H groups in total. The molecule has 0 unspecified atom stereocenters. The Hall–Kier alpha value is -5.58. The number of halogens is 1. The highest BCUT2D eigenvalue weighted by Gasteiger charge is 2.31. The highest BCUT2D eigenvalue weighted by Crippen LogP contribution is 2.38. The van der Waals surface area contributed by atoms with Crippen molar-refractivity contribution in [1.29, 1.82) is 0 Å². The molecule has 6 aromatic rings. The minimum absolute atomic E-state index is 0.0391. The normalized spacial score (nSPS) is 14.4. The molecule has 3 aromatic carbocycles. The van der Waals surface area contributed by atoms with Crippen molar-refractivity contribution in [3.8, 4) is 0 Å². The first kappa shape index (κ1) is 64.6. The maximum atomic E-state index is 13.3. The number of esters is 2. The van der Waals surface area contributed by atoms with Crippen molar-refractivity contribution in [1.82, 2.24) is 0 Å². The molecule has 5 heterocycles. The zero-order chi connectivity index (χ0) is 59.9. The Balaban J connectivity index is 0.000000197. The number of ether oxygens (including phenoxy) is 4. The topological polar surface area (TPSA) is 253 Å². The molecule has 0 radical (unpaired) electrons. The predicted octanol–water partition coefficient (Wildman–Crippen LogP) is 11.2. The minimum atomic E-state index is -3.97. The number of carbonyl (C=O) groups excluding carboxylic acids is 2. The van der Waals surface area contributed by atoms with Crippen molar-refractivity contribution in [2.75, 3.05) is 90.8 Å². The van der Waals surface area contributed by atoms with Crippen molar-refractivity contribution in [3.63, 3.8) is 0 Å². The Labute approximate surface area is 495 Å². The molecule has 2 aliphatic rings. The third-order valence-corrected chi connectivity index (χ3v) is 20.5. The lowest BCUT2D eigenvalue weighted by Crippen LogP contribution is -2.37. The van der Waals surface area contributed by atoms with Gasteiger partial charge in [-0.1, -0.05) is 80.5 Å². The number of rotatable bonds is 14. The lowest BCUT2D eigenvalue weighted by molar-refractivity contribution is 0.0598. The van der Waals surface area contributed by atoms with Crippen LogP contribution in [0.5, 0.6) is 0 Å². The van der Waals surface area contributed by atoms with Crippen LogP contribution in [-0.4, -0.2) is 115 Å². The number of benzene rings is 3. The fraction of sp³-hybridized carbons (Fsp3) is 0.400. The molecule has 2 aliphatic heterocycles. The Kier molecular flexibility index (Phi) is 21.0. The summed E-state index contributed by atoms with van der Waals surface area (Å²) in [5, 5.41) is 14.1. The average Bonchev–Trinajstić information content (AvgIpc) is 4.22. The van der Waals surface area contributed by atoms with Gasteiger partial charge in [0.1, 0.15) is 29.3 Å². The number of hydrogen-bond donors (Lipinski definition) is 4. The molecule has 0 saturated carbocycles. The molecule has 0 bridgehead atoms. The number of nitrogens with one attached hydrogen (secondary N) is 3. The van der Waals surface area contributed by atoms with Gasteiger partial charge in [0.2, 0.25) is 0 Å². The summed E-state index contributed by atoms with van der Waals surface area (Å²) in [6.07, 6.45) is 0. The number of aromatic carboxylic acids is 1. The summed E-state index contributed by atoms with van der Waals surface area (Å²) in [5.41, 5.74) is 4.47. The van der Waals surface area contributed by atoms with E-state index in [0.717, 1.165) is 50.7 Å². The number of anilines is 5. The first-order chi connectivity index (χ1) is 37.8. The molecule has 81 heavy (non-hydrogen) atoms. The number of carbonyl (C=O) groups is 3. The Morgan fingerprint density at radius 2 is 0.815 bits per heavy atom. The van der Waals surface area contributed by atoms with Gasteiger partial charge in [0, 0.05) is 30.7 Å². The van der Waals surface area contributed by atoms with Crippen LogP contribution in [0.3, 0.4) is 0 Å². The molecule has 0 spiro atoms. The number of methoxy groups -OCH3 is 2. The quantitative estimate of drug-likeness (QED) is 0.0740. The monoisotopic (exact) mass is 1290 g/mol. The van der Waals surface area contributed by atoms with E-state index in [-0.39, 0.29) is 62.6 Å². The van der Waals surface area contributed by atoms with E-state index in [2.05, 4.69) is 97.1 Å². The minimum Gasteiger partial charge on any atom is -0.477 e. The second-order valence-electron chi connectivity index (χ2n) is 21.6. The van der Waals surface area contributed by atoms with E-state index < -0.39 is 48.0 Å². The van der Waals surface area contributed by atoms with Crippen molar-refractivity contribution >= 4 is 126 Å². The Morgan fingerprint density at radius 1 is 0.506 bits per heavy atom. The van der Waals surface area contributed by atoms with E-state index >= 15 is 0 Å². The smallest absolute Gasteiger partial charge is 0.350 e. The second kappa shape index (κ2) is 26.3. The van der Waals surface area contributed by atoms with Gasteiger partial charge in [-0.3, -0.25) is 14.2 Å². The van der Waals surface area contributed by atoms with E-state index in [1.54, 1.807) is 52.5 Å². The SMILES string of the molecule is CC(C)(C)c1ccc(S(=O)(=O)Nc2ccsc2C(=O)O)c(N2CCOCC2)c1.COC(=O)c1sccc1NS(=O)(=O)c1ccc(C(C)(C)C)cc1Br.COC(=O)c1sccc1NS(=O)(=O)c1ccc(C(C)(C)C)cc1N1CCOCC1. The van der Waals surface area contributed by atoms with Gasteiger partial charge in [-0.15, -0.1) is 34.0 Å². The fourth-order valence-corrected chi connectivity index (χ4v) is 15.3. The molecule has 0 amide bonds. The van der Waals surface area contributed by atoms with Gasteiger partial charge in [-0.2, -0.15) is 0 Å². The standard InChI is InChI=1S/C20H26N2O5S2.C19H24N2O5S2.C16H18BrNO4S2/c1-20(2,3)14-5-6-17(16(13-14)22-8-10-27-11-9-22)29(24,25)21-15-7-12-28-18(15)19(23)26-4;1-19(2,3)13-4-5-16(15(12-13)21-7-9-26-10-8-21)28(24,25)20-14-6-11-27-17(14)18(22)23;1-16(2,3)10-5-6-13(11(17)9-10)24(20,21)18-12-7-8-23-14(12)15(19)22-4/h5-7,12-13,21H,8-11H2,1-4H3;4-6,11-12,20H,7-10H2,1-3H3,(H,22,23);5-9,18H,1-4H3. The molecule has 2 fully saturated rings. The van der Waals surface area contributed by atoms with Crippen LogP contribution in [0.1, 0.15) is 108 Å². The Bertz CT molecular complexity index is 3570. The lowest BCUT2D eigenvalue weighted by atomic mass is 9.87. The summed E-state index contributed by atoms with van der Waals surface area (Å²) < 4.78 is 106. The van der Waals surface area contributed by atoms with E-state index in [4.69, 9.17) is 14.2 Å². The number of carboxylic acids is 1. The molecule has 3 aromatic heterocycles. The van der Waals surface area contributed by atoms with E-state index in [1.165, 1.54) is 26.4 Å². The first-order valence-electron chi connectivity index (χ1n) is 25.2. The molecule has 0 atom stereocenters. The van der Waals surface area contributed by atoms with E-state index in [1.807, 2.05) is 34.1 Å². The number of sulfonamides is 3. The van der Waals surface area contributed by atoms with Gasteiger partial charge in [0.05, 0.1) is 69.1 Å². The summed E-state index contributed by atoms with van der Waals surface area (Å²) in [5.74, 6) is -2.32. The van der Waals surface area contributed by atoms with E-state index in [0.29, 0.717) is 68.5 Å². The van der Waals surface area contributed by atoms with Crippen molar-refractivity contribution in [2.45, 2.75) is 93.2 Å². The third kappa shape index (κ3) is 16.4. The molecule has 440 valence electrons. The van der Waals surface area contributed by atoms with Gasteiger partial charge in [0.25, 0.3) is 30.1 Å². The van der Waals surface area contributed by atoms with Crippen LogP contribution >= 0.6 is 49.9 Å². The first-order valence-corrected chi connectivity index (χ1v) is 33.1. The zero-order valence-corrected chi connectivity index (χ0v) is 53.3. The van der Waals surface area contributed by atoms with Gasteiger partial charge >= 0.3 is 17.9 Å². The highest BCUT2D eigenvalue weighted by atomic mass is 79.9. The summed E-state index contributed by atoms with van der Waals surface area (Å²) >= 11 is 6.55. The maximum absolute atomic E-state index is 13.3. The number of nitrogens with zero attached hydrogens (tertiary/aromatic N) is 2. The van der Waals surface area contributed by atoms with Crippen LogP contribution in [0.4, 0.5) is 28.4 Å². The fourth-order valence-electron chi connectivity index (χ4n) is 8.15. The lowest BCUT2D eigenvalue weighted by Gasteiger charge is -2.32. The highest BCUT2D eigenvalue weighted by molar-refractivity contribution is 9.10. The third-order valence-electron chi connectivity index (χ3n) is 12.7. The number of morpholine rings is 2. The molecule has 8 rings (SSSR count). The van der Waals surface area contributed by atoms with Gasteiger partial charge in [0.15, 0.2) is 0 Å². The van der Waals surface area contributed by atoms with Crippen LogP contribution in [0, 0.1) is 0 Å². The Morgan fingerprint density at radius 3 is 1.14 bits per heavy atom. The number of hydrogen-bond acceptors (Lipinski definition) is 18. The second-order valence-corrected chi connectivity index (χ2v) is 30.1. The van der Waals surface area contributed by atoms with Gasteiger partial charge in [-0.05, 0) is 120 Å². The molecule has 26 heteroatoms. The zero-order valence-electron chi connectivity index (χ0n) is 46.8. The van der Waals surface area contributed by atoms with Crippen LogP contribution in [0.15, 0.2) is 108 Å². The summed E-state index contributed by atoms with van der Waals surface area (Å²) in [4.78, 5) is 39.8. The van der Waals surface area contributed by atoms with E-state index in [9.17, 15) is 44.7 Å². The average molecular weight is 1300 g/mol. The summed E-state index contributed by atoms with van der Waals surface area (Å²) in [6.45, 7) is 23.2. The predicted molar refractivity (Wildman–Crippen MR) is 324 cm³/mol. The molecular formula is C55H68BrN5O14S6. The largest absolute Gasteiger partial charge is 0.477 e. The van der Waals surface area contributed by atoms with Crippen molar-refractivity contribution < 1.29 is 63.7 Å². The van der Waals surface area contributed by atoms with Gasteiger partial charge in [-0.25, -0.2) is 39.6 Å². The van der Waals surface area contributed by atoms with Crippen molar-refractivity contribution in [3.05, 3.63) is 125 Å². The summed E-state index contributed by atoms with van der Waals surface area (Å²) in [6, 6.07) is 20.4. The number of carboxylic acid groups (broad SMARTS) is 1. The van der Waals surface area contributed by atoms with Crippen LogP contribution in [-0.2, 0) is 65.3 Å². The van der Waals surface area contributed by atoms with Crippen molar-refractivity contribution in [2.24, 2.45) is 0 Å². The molecule has 19 nitrogen and oxygen atoms in total. The number of thiophene rings is 3. The van der Waals surface area contributed by atoms with Gasteiger partial charge < -0.3 is 33.9 Å². The molecule has 0 aliphatic carbocycles. The van der Waals surface area contributed by atoms with Crippen LogP contribution in [0.2, 0.25) is 0 Å². The molecule has 2 saturated heterocycles. The molecular weight excluding hydrogens is 1230 g/mol. The summed E-state index contributed by atoms with van der Waals surface area (Å²) in [7, 11) is -9.21. The van der Waals surface area contributed by atoms with Crippen LogP contribution < -0.4 is 24.0 Å².